The van der Waals surface area contributed by atoms with E-state index in [1.807, 2.05) is 60.7 Å². The lowest BCUT2D eigenvalue weighted by atomic mass is 10.0. The summed E-state index contributed by atoms with van der Waals surface area (Å²) in [5.74, 6) is 4.72. The van der Waals surface area contributed by atoms with Gasteiger partial charge in [-0.25, -0.2) is 4.79 Å². The summed E-state index contributed by atoms with van der Waals surface area (Å²) in [7, 11) is 0. The number of esters is 2. The molecule has 0 amide bonds. The van der Waals surface area contributed by atoms with E-state index in [0.29, 0.717) is 26.1 Å². The lowest BCUT2D eigenvalue weighted by molar-refractivity contribution is -0.143. The Balaban J connectivity index is 2.33. The summed E-state index contributed by atoms with van der Waals surface area (Å²) in [6, 6.07) is 19.4. The zero-order valence-electron chi connectivity index (χ0n) is 20.1. The minimum absolute atomic E-state index is 0.183. The Kier molecular flexibility index (Phi) is 11.4. The number of ether oxygens (including phenoxy) is 2. The highest BCUT2D eigenvalue weighted by molar-refractivity contribution is 5.88. The van der Waals surface area contributed by atoms with Crippen LogP contribution in [0.25, 0.3) is 11.1 Å². The largest absolute Gasteiger partial charge is 0.466 e. The van der Waals surface area contributed by atoms with Gasteiger partial charge in [-0.2, -0.15) is 0 Å². The van der Waals surface area contributed by atoms with Gasteiger partial charge in [0, 0.05) is 25.4 Å². The van der Waals surface area contributed by atoms with Crippen molar-refractivity contribution in [1.29, 1.82) is 0 Å². The molecule has 0 unspecified atom stereocenters. The minimum atomic E-state index is -0.590. The van der Waals surface area contributed by atoms with Crippen molar-refractivity contribution in [3.05, 3.63) is 84.9 Å². The van der Waals surface area contributed by atoms with Gasteiger partial charge in [0.25, 0.3) is 0 Å². The highest BCUT2D eigenvalue weighted by Gasteiger charge is 2.21. The van der Waals surface area contributed by atoms with Crippen LogP contribution in [-0.4, -0.2) is 49.2 Å². The van der Waals surface area contributed by atoms with Crippen molar-refractivity contribution in [2.45, 2.75) is 32.7 Å². The summed E-state index contributed by atoms with van der Waals surface area (Å²) in [6.45, 7) is 13.6. The maximum Gasteiger partial charge on any atom is 0.384 e. The third kappa shape index (κ3) is 9.09. The second-order valence-electron chi connectivity index (χ2n) is 7.69. The monoisotopic (exact) mass is 459 g/mol. The molecule has 0 saturated carbocycles. The van der Waals surface area contributed by atoms with Gasteiger partial charge >= 0.3 is 11.9 Å². The first-order chi connectivity index (χ1) is 16.4. The van der Waals surface area contributed by atoms with Crippen LogP contribution in [0.3, 0.4) is 0 Å². The molecule has 5 heteroatoms. The highest BCUT2D eigenvalue weighted by atomic mass is 16.5. The van der Waals surface area contributed by atoms with Crippen LogP contribution in [0.15, 0.2) is 73.8 Å². The van der Waals surface area contributed by atoms with E-state index in [1.165, 1.54) is 0 Å². The Bertz CT molecular complexity index is 965. The molecule has 2 aromatic rings. The van der Waals surface area contributed by atoms with Crippen molar-refractivity contribution in [3.63, 3.8) is 0 Å². The molecule has 0 N–H and O–H groups in total. The Morgan fingerprint density at radius 2 is 1.35 bits per heavy atom. The second-order valence-corrected chi connectivity index (χ2v) is 7.69. The first kappa shape index (κ1) is 26.6. The van der Waals surface area contributed by atoms with Crippen molar-refractivity contribution in [1.82, 2.24) is 4.90 Å². The van der Waals surface area contributed by atoms with Crippen molar-refractivity contribution < 1.29 is 19.1 Å². The standard InChI is InChI=1S/C29H33NO4/c1-5-33-28(31)19-17-27(18-20-29(32)34-6-2)30(21-23(3)25-13-9-7-10-14-25)22-24(4)26-15-11-8-12-16-26/h7-16,27H,3-6,17,19,21-22H2,1-2H3/t27-/m0/s1. The smallest absolute Gasteiger partial charge is 0.384 e. The Hall–Kier alpha value is -3.62. The molecule has 5 nitrogen and oxygen atoms in total. The van der Waals surface area contributed by atoms with Crippen LogP contribution in [0, 0.1) is 11.8 Å². The van der Waals surface area contributed by atoms with Gasteiger partial charge in [0.15, 0.2) is 0 Å². The average molecular weight is 460 g/mol. The fourth-order valence-electron chi connectivity index (χ4n) is 3.44. The maximum atomic E-state index is 12.1. The average Bonchev–Trinajstić information content (AvgIpc) is 2.85. The van der Waals surface area contributed by atoms with Crippen molar-refractivity contribution in [3.8, 4) is 11.8 Å². The summed E-state index contributed by atoms with van der Waals surface area (Å²) in [4.78, 5) is 26.1. The quantitative estimate of drug-likeness (QED) is 0.254. The van der Waals surface area contributed by atoms with E-state index in [0.717, 1.165) is 22.3 Å². The maximum absolute atomic E-state index is 12.1. The summed E-state index contributed by atoms with van der Waals surface area (Å²) < 4.78 is 10.1. The van der Waals surface area contributed by atoms with E-state index < -0.39 is 12.0 Å². The molecule has 0 fully saturated rings. The molecule has 0 saturated heterocycles. The Morgan fingerprint density at radius 1 is 0.853 bits per heavy atom. The van der Waals surface area contributed by atoms with Crippen molar-refractivity contribution in [2.24, 2.45) is 0 Å². The van der Waals surface area contributed by atoms with Crippen LogP contribution >= 0.6 is 0 Å². The predicted octanol–water partition coefficient (Wildman–Crippen LogP) is 4.99. The first-order valence-electron chi connectivity index (χ1n) is 11.5. The van der Waals surface area contributed by atoms with E-state index in [2.05, 4.69) is 29.9 Å². The van der Waals surface area contributed by atoms with Crippen molar-refractivity contribution >= 4 is 23.1 Å². The number of carbonyl (C=O) groups excluding carboxylic acids is 2. The molecule has 1 atom stereocenters. The number of hydrogen-bond acceptors (Lipinski definition) is 5. The zero-order valence-corrected chi connectivity index (χ0v) is 20.1. The van der Waals surface area contributed by atoms with E-state index >= 15 is 0 Å². The summed E-state index contributed by atoms with van der Waals surface area (Å²) >= 11 is 0. The Morgan fingerprint density at radius 3 is 1.82 bits per heavy atom. The lowest BCUT2D eigenvalue weighted by Crippen LogP contribution is -2.37. The van der Waals surface area contributed by atoms with Gasteiger partial charge in [0.1, 0.15) is 0 Å². The summed E-state index contributed by atoms with van der Waals surface area (Å²) in [6.07, 6.45) is 0.581. The van der Waals surface area contributed by atoms with Crippen LogP contribution in [0.1, 0.15) is 37.8 Å². The van der Waals surface area contributed by atoms with Crippen molar-refractivity contribution in [2.75, 3.05) is 26.3 Å². The third-order valence-electron chi connectivity index (χ3n) is 5.14. The van der Waals surface area contributed by atoms with Gasteiger partial charge in [-0.05, 0) is 42.5 Å². The molecule has 2 rings (SSSR count). The fourth-order valence-corrected chi connectivity index (χ4v) is 3.44. The molecule has 178 valence electrons. The van der Waals surface area contributed by atoms with Gasteiger partial charge in [0.05, 0.1) is 19.3 Å². The SMILES string of the molecule is C=C(CN(CC(=C)c1ccccc1)[C@H](C#CC(=O)OCC)CCC(=O)OCC)c1ccccc1. The van der Waals surface area contributed by atoms with E-state index in [-0.39, 0.29) is 19.0 Å². The third-order valence-corrected chi connectivity index (χ3v) is 5.14. The molecule has 0 aliphatic carbocycles. The van der Waals surface area contributed by atoms with Gasteiger partial charge in [-0.1, -0.05) is 79.7 Å². The van der Waals surface area contributed by atoms with Crippen LogP contribution in [0.5, 0.6) is 0 Å². The fraction of sp³-hybridized carbons (Fsp3) is 0.310. The number of benzene rings is 2. The number of nitrogens with zero attached hydrogens (tertiary/aromatic N) is 1. The van der Waals surface area contributed by atoms with Crippen LogP contribution in [0.4, 0.5) is 0 Å². The van der Waals surface area contributed by atoms with E-state index in [9.17, 15) is 9.59 Å². The van der Waals surface area contributed by atoms with Gasteiger partial charge < -0.3 is 9.47 Å². The van der Waals surface area contributed by atoms with Gasteiger partial charge in [-0.15, -0.1) is 0 Å². The molecule has 0 heterocycles. The topological polar surface area (TPSA) is 55.8 Å². The minimum Gasteiger partial charge on any atom is -0.466 e. The lowest BCUT2D eigenvalue weighted by Gasteiger charge is -2.30. The van der Waals surface area contributed by atoms with Crippen LogP contribution < -0.4 is 0 Å². The van der Waals surface area contributed by atoms with Crippen LogP contribution in [-0.2, 0) is 19.1 Å². The zero-order chi connectivity index (χ0) is 24.8. The molecular weight excluding hydrogens is 426 g/mol. The normalized spacial score (nSPS) is 11.1. The molecule has 2 aromatic carbocycles. The Labute approximate surface area is 203 Å². The summed E-state index contributed by atoms with van der Waals surface area (Å²) in [5.41, 5.74) is 3.83. The molecule has 34 heavy (non-hydrogen) atoms. The molecule has 0 aliphatic heterocycles. The van der Waals surface area contributed by atoms with E-state index in [1.54, 1.807) is 13.8 Å². The second kappa shape index (κ2) is 14.5. The highest BCUT2D eigenvalue weighted by Crippen LogP contribution is 2.21. The molecule has 0 aromatic heterocycles. The number of hydrogen-bond donors (Lipinski definition) is 0. The number of carbonyl (C=O) groups is 2. The summed E-state index contributed by atoms with van der Waals surface area (Å²) in [5, 5.41) is 0. The van der Waals surface area contributed by atoms with Gasteiger partial charge in [-0.3, -0.25) is 9.69 Å². The predicted molar refractivity (Wildman–Crippen MR) is 137 cm³/mol. The molecule has 0 radical (unpaired) electrons. The number of rotatable bonds is 12. The van der Waals surface area contributed by atoms with E-state index in [4.69, 9.17) is 9.47 Å². The molecule has 0 bridgehead atoms. The van der Waals surface area contributed by atoms with Crippen LogP contribution in [0.2, 0.25) is 0 Å². The first-order valence-corrected chi connectivity index (χ1v) is 11.5. The molecular formula is C29H33NO4. The van der Waals surface area contributed by atoms with Gasteiger partial charge in [0.2, 0.25) is 0 Å². The molecule has 0 spiro atoms. The molecule has 0 aliphatic rings.